The van der Waals surface area contributed by atoms with Crippen LogP contribution in [0.15, 0.2) is 21.5 Å². The fourth-order valence-corrected chi connectivity index (χ4v) is 1.13. The number of aliphatic hydroxyl groups is 1. The molecule has 6 heteroatoms. The Labute approximate surface area is 98.2 Å². The van der Waals surface area contributed by atoms with E-state index in [4.69, 9.17) is 14.3 Å². The Bertz CT molecular complexity index is 438. The van der Waals surface area contributed by atoms with Crippen molar-refractivity contribution >= 4 is 5.91 Å². The van der Waals surface area contributed by atoms with E-state index < -0.39 is 5.43 Å². The zero-order valence-corrected chi connectivity index (χ0v) is 9.73. The highest BCUT2D eigenvalue weighted by Crippen LogP contribution is 2.05. The number of carbonyl (C=O) groups is 1. The summed E-state index contributed by atoms with van der Waals surface area (Å²) in [7, 11) is 0. The van der Waals surface area contributed by atoms with E-state index in [-0.39, 0.29) is 36.7 Å². The van der Waals surface area contributed by atoms with Gasteiger partial charge in [0.05, 0.1) is 0 Å². The molecule has 0 aliphatic rings. The molecule has 94 valence electrons. The Balaban J connectivity index is 2.58. The molecule has 0 aliphatic carbocycles. The van der Waals surface area contributed by atoms with Crippen LogP contribution in [0.1, 0.15) is 19.6 Å². The molecule has 1 aromatic rings. The number of rotatable bonds is 5. The van der Waals surface area contributed by atoms with Gasteiger partial charge in [-0.15, -0.1) is 0 Å². The van der Waals surface area contributed by atoms with Crippen molar-refractivity contribution in [3.63, 3.8) is 0 Å². The molecule has 17 heavy (non-hydrogen) atoms. The van der Waals surface area contributed by atoms with Crippen molar-refractivity contribution in [2.75, 3.05) is 6.61 Å². The first-order chi connectivity index (χ1) is 8.02. The third-order valence-corrected chi connectivity index (χ3v) is 1.82. The number of ether oxygens (including phenoxy) is 1. The number of amides is 1. The summed E-state index contributed by atoms with van der Waals surface area (Å²) in [4.78, 5) is 22.7. The van der Waals surface area contributed by atoms with E-state index in [1.54, 1.807) is 0 Å². The summed E-state index contributed by atoms with van der Waals surface area (Å²) in [6, 6.07) is 1.13. The molecule has 0 saturated heterocycles. The molecule has 0 radical (unpaired) electrons. The SMILES string of the molecule is CC(C)NC(=O)COc1coc(CO)cc1=O. The number of carbonyl (C=O) groups excluding carboxylic acids is 1. The van der Waals surface area contributed by atoms with Crippen LogP contribution >= 0.6 is 0 Å². The van der Waals surface area contributed by atoms with Gasteiger partial charge in [-0.2, -0.15) is 0 Å². The van der Waals surface area contributed by atoms with Gasteiger partial charge in [0.15, 0.2) is 6.61 Å². The Morgan fingerprint density at radius 1 is 1.59 bits per heavy atom. The lowest BCUT2D eigenvalue weighted by molar-refractivity contribution is -0.123. The summed E-state index contributed by atoms with van der Waals surface area (Å²) in [5, 5.41) is 11.4. The Morgan fingerprint density at radius 2 is 2.29 bits per heavy atom. The van der Waals surface area contributed by atoms with Crippen LogP contribution in [0, 0.1) is 0 Å². The normalized spacial score (nSPS) is 10.4. The summed E-state index contributed by atoms with van der Waals surface area (Å²) < 4.78 is 9.89. The van der Waals surface area contributed by atoms with E-state index in [1.165, 1.54) is 0 Å². The third-order valence-electron chi connectivity index (χ3n) is 1.82. The monoisotopic (exact) mass is 241 g/mol. The van der Waals surface area contributed by atoms with Gasteiger partial charge in [-0.3, -0.25) is 9.59 Å². The first-order valence-electron chi connectivity index (χ1n) is 5.17. The van der Waals surface area contributed by atoms with Crippen LogP contribution in [0.2, 0.25) is 0 Å². The van der Waals surface area contributed by atoms with E-state index >= 15 is 0 Å². The van der Waals surface area contributed by atoms with Crippen LogP contribution in [0.5, 0.6) is 5.75 Å². The van der Waals surface area contributed by atoms with Gasteiger partial charge in [-0.05, 0) is 13.8 Å². The number of hydrogen-bond donors (Lipinski definition) is 2. The molecule has 0 unspecified atom stereocenters. The predicted octanol–water partition coefficient (Wildman–Crippen LogP) is 0.0355. The molecule has 1 rings (SSSR count). The third kappa shape index (κ3) is 4.28. The Morgan fingerprint density at radius 3 is 2.82 bits per heavy atom. The smallest absolute Gasteiger partial charge is 0.258 e. The molecule has 0 saturated carbocycles. The maximum atomic E-state index is 11.4. The second-order valence-electron chi connectivity index (χ2n) is 3.74. The minimum atomic E-state index is -0.433. The molecule has 1 heterocycles. The average molecular weight is 241 g/mol. The van der Waals surface area contributed by atoms with Crippen molar-refractivity contribution in [1.82, 2.24) is 5.32 Å². The van der Waals surface area contributed by atoms with Gasteiger partial charge in [0.25, 0.3) is 5.91 Å². The van der Waals surface area contributed by atoms with Crippen molar-refractivity contribution < 1.29 is 19.1 Å². The van der Waals surface area contributed by atoms with Crippen LogP contribution in [0.3, 0.4) is 0 Å². The molecule has 2 N–H and O–H groups in total. The van der Waals surface area contributed by atoms with Gasteiger partial charge in [0.1, 0.15) is 18.6 Å². The molecule has 1 amide bonds. The maximum Gasteiger partial charge on any atom is 0.258 e. The van der Waals surface area contributed by atoms with Gasteiger partial charge in [-0.25, -0.2) is 0 Å². The topological polar surface area (TPSA) is 88.8 Å². The van der Waals surface area contributed by atoms with Crippen LogP contribution in [-0.2, 0) is 11.4 Å². The lowest BCUT2D eigenvalue weighted by Gasteiger charge is -2.09. The van der Waals surface area contributed by atoms with E-state index in [0.29, 0.717) is 0 Å². The van der Waals surface area contributed by atoms with Crippen molar-refractivity contribution in [2.24, 2.45) is 0 Å². The van der Waals surface area contributed by atoms with Gasteiger partial charge in [-0.1, -0.05) is 0 Å². The van der Waals surface area contributed by atoms with Crippen LogP contribution in [0.4, 0.5) is 0 Å². The highest BCUT2D eigenvalue weighted by atomic mass is 16.5. The molecule has 0 fully saturated rings. The first-order valence-corrected chi connectivity index (χ1v) is 5.17. The Kier molecular flexibility index (Phi) is 4.71. The Hall–Kier alpha value is -1.82. The van der Waals surface area contributed by atoms with E-state index in [0.717, 1.165) is 12.3 Å². The quantitative estimate of drug-likeness (QED) is 0.759. The maximum absolute atomic E-state index is 11.4. The number of aliphatic hydroxyl groups excluding tert-OH is 1. The number of nitrogens with one attached hydrogen (secondary N) is 1. The van der Waals surface area contributed by atoms with E-state index in [1.807, 2.05) is 13.8 Å². The molecule has 0 atom stereocenters. The second kappa shape index (κ2) is 6.05. The van der Waals surface area contributed by atoms with Crippen LogP contribution in [-0.4, -0.2) is 23.7 Å². The molecule has 0 bridgehead atoms. The number of hydrogen-bond acceptors (Lipinski definition) is 5. The molecule has 0 aromatic carbocycles. The molecule has 1 aromatic heterocycles. The highest BCUT2D eigenvalue weighted by Gasteiger charge is 2.08. The highest BCUT2D eigenvalue weighted by molar-refractivity contribution is 5.77. The summed E-state index contributed by atoms with van der Waals surface area (Å²) in [6.07, 6.45) is 1.08. The zero-order chi connectivity index (χ0) is 12.8. The van der Waals surface area contributed by atoms with Crippen molar-refractivity contribution in [2.45, 2.75) is 26.5 Å². The van der Waals surface area contributed by atoms with Crippen LogP contribution < -0.4 is 15.5 Å². The summed E-state index contributed by atoms with van der Waals surface area (Å²) in [5.74, 6) is -0.222. The van der Waals surface area contributed by atoms with E-state index in [9.17, 15) is 9.59 Å². The van der Waals surface area contributed by atoms with Crippen molar-refractivity contribution in [3.8, 4) is 5.75 Å². The van der Waals surface area contributed by atoms with Crippen molar-refractivity contribution in [3.05, 3.63) is 28.3 Å². The minimum absolute atomic E-state index is 0.0132. The lowest BCUT2D eigenvalue weighted by Crippen LogP contribution is -2.34. The standard InChI is InChI=1S/C11H15NO5/c1-7(2)12-11(15)6-17-10-5-16-8(4-13)3-9(10)14/h3,5,7,13H,4,6H2,1-2H3,(H,12,15). The van der Waals surface area contributed by atoms with Gasteiger partial charge >= 0.3 is 0 Å². The fraction of sp³-hybridized carbons (Fsp3) is 0.455. The largest absolute Gasteiger partial charge is 0.477 e. The zero-order valence-electron chi connectivity index (χ0n) is 9.73. The minimum Gasteiger partial charge on any atom is -0.477 e. The molecular weight excluding hydrogens is 226 g/mol. The first kappa shape index (κ1) is 13.2. The summed E-state index contributed by atoms with van der Waals surface area (Å²) in [6.45, 7) is 3.04. The molecule has 0 aliphatic heterocycles. The molecule has 6 nitrogen and oxygen atoms in total. The average Bonchev–Trinajstić information content (AvgIpc) is 2.26. The predicted molar refractivity (Wildman–Crippen MR) is 59.7 cm³/mol. The van der Waals surface area contributed by atoms with Gasteiger partial charge in [0.2, 0.25) is 11.2 Å². The van der Waals surface area contributed by atoms with Gasteiger partial charge in [0, 0.05) is 12.1 Å². The van der Waals surface area contributed by atoms with Crippen LogP contribution in [0.25, 0.3) is 0 Å². The summed E-state index contributed by atoms with van der Waals surface area (Å²) in [5.41, 5.74) is -0.433. The molecule has 0 spiro atoms. The van der Waals surface area contributed by atoms with Gasteiger partial charge < -0.3 is 19.6 Å². The van der Waals surface area contributed by atoms with E-state index in [2.05, 4.69) is 5.32 Å². The summed E-state index contributed by atoms with van der Waals surface area (Å²) >= 11 is 0. The fourth-order valence-electron chi connectivity index (χ4n) is 1.13. The molecular formula is C11H15NO5. The van der Waals surface area contributed by atoms with Crippen molar-refractivity contribution in [1.29, 1.82) is 0 Å². The lowest BCUT2D eigenvalue weighted by atomic mass is 10.4. The second-order valence-corrected chi connectivity index (χ2v) is 3.74.